The average Bonchev–Trinajstić information content (AvgIpc) is 3.53. The number of fused-ring (bicyclic) bond motifs is 1. The first-order valence-corrected chi connectivity index (χ1v) is 11.9. The number of aromatic nitrogens is 2. The van der Waals surface area contributed by atoms with Crippen LogP contribution in [0.15, 0.2) is 42.7 Å². The van der Waals surface area contributed by atoms with Crippen LogP contribution >= 0.6 is 0 Å². The van der Waals surface area contributed by atoms with Crippen molar-refractivity contribution >= 4 is 11.6 Å². The lowest BCUT2D eigenvalue weighted by atomic mass is 9.92. The van der Waals surface area contributed by atoms with Gasteiger partial charge in [0.1, 0.15) is 11.6 Å². The number of amides is 1. The van der Waals surface area contributed by atoms with Gasteiger partial charge >= 0.3 is 0 Å². The maximum atomic E-state index is 14.6. The molecule has 1 atom stereocenters. The Morgan fingerprint density at radius 3 is 2.71 bits per heavy atom. The van der Waals surface area contributed by atoms with Gasteiger partial charge in [-0.25, -0.2) is 8.78 Å². The fraction of sp³-hybridized carbons (Fsp3) is 0.385. The maximum absolute atomic E-state index is 14.6. The quantitative estimate of drug-likeness (QED) is 0.587. The molecule has 8 heteroatoms. The van der Waals surface area contributed by atoms with Crippen LogP contribution in [0.4, 0.5) is 14.5 Å². The van der Waals surface area contributed by atoms with Gasteiger partial charge in [-0.15, -0.1) is 0 Å². The summed E-state index contributed by atoms with van der Waals surface area (Å²) in [5.74, 6) is -0.733. The van der Waals surface area contributed by atoms with E-state index in [9.17, 15) is 13.6 Å². The highest BCUT2D eigenvalue weighted by Crippen LogP contribution is 2.46. The molecule has 3 aromatic rings. The number of anilines is 1. The van der Waals surface area contributed by atoms with Gasteiger partial charge in [0.25, 0.3) is 0 Å². The number of nitrogens with one attached hydrogen (secondary N) is 1. The van der Waals surface area contributed by atoms with Gasteiger partial charge in [0.15, 0.2) is 11.6 Å². The molecule has 0 radical (unpaired) electrons. The van der Waals surface area contributed by atoms with E-state index in [2.05, 4.69) is 17.3 Å². The minimum atomic E-state index is -0.642. The normalized spacial score (nSPS) is 20.1. The van der Waals surface area contributed by atoms with E-state index < -0.39 is 11.6 Å². The lowest BCUT2D eigenvalue weighted by Gasteiger charge is -2.36. The SMILES string of the molecule is C[C@H]1CCc2c(ccc(-c3cnn(C4CNC4)c3)c2Oc2cc(F)ccc2F)N1C(=O)C1CC1. The van der Waals surface area contributed by atoms with Gasteiger partial charge in [-0.05, 0) is 56.9 Å². The Morgan fingerprint density at radius 1 is 1.15 bits per heavy atom. The van der Waals surface area contributed by atoms with Crippen molar-refractivity contribution in [2.45, 2.75) is 44.7 Å². The molecule has 2 aliphatic heterocycles. The number of benzene rings is 2. The van der Waals surface area contributed by atoms with Crippen LogP contribution in [0.3, 0.4) is 0 Å². The van der Waals surface area contributed by atoms with Gasteiger partial charge in [-0.2, -0.15) is 5.10 Å². The van der Waals surface area contributed by atoms with E-state index in [-0.39, 0.29) is 23.6 Å². The third-order valence-electron chi connectivity index (χ3n) is 7.06. The average molecular weight is 465 g/mol. The molecule has 1 amide bonds. The predicted octanol–water partition coefficient (Wildman–Crippen LogP) is 4.84. The number of rotatable bonds is 5. The molecular weight excluding hydrogens is 438 g/mol. The van der Waals surface area contributed by atoms with Gasteiger partial charge in [-0.3, -0.25) is 9.48 Å². The third-order valence-corrected chi connectivity index (χ3v) is 7.06. The van der Waals surface area contributed by atoms with E-state index in [0.29, 0.717) is 18.2 Å². The zero-order valence-corrected chi connectivity index (χ0v) is 18.9. The second-order valence-electron chi connectivity index (χ2n) is 9.51. The molecule has 0 bridgehead atoms. The van der Waals surface area contributed by atoms with E-state index in [1.165, 1.54) is 0 Å². The molecule has 2 aromatic carbocycles. The summed E-state index contributed by atoms with van der Waals surface area (Å²) in [4.78, 5) is 15.0. The molecule has 6 rings (SSSR count). The summed E-state index contributed by atoms with van der Waals surface area (Å²) in [5.41, 5.74) is 3.21. The minimum Gasteiger partial charge on any atom is -0.453 e. The summed E-state index contributed by atoms with van der Waals surface area (Å²) in [7, 11) is 0. The van der Waals surface area contributed by atoms with E-state index in [1.807, 2.05) is 27.9 Å². The predicted molar refractivity (Wildman–Crippen MR) is 124 cm³/mol. The molecule has 3 heterocycles. The van der Waals surface area contributed by atoms with Crippen LogP contribution in [0.1, 0.15) is 37.8 Å². The van der Waals surface area contributed by atoms with Gasteiger partial charge in [0, 0.05) is 54.0 Å². The molecule has 1 aliphatic carbocycles. The second-order valence-corrected chi connectivity index (χ2v) is 9.51. The number of hydrogen-bond acceptors (Lipinski definition) is 4. The van der Waals surface area contributed by atoms with Crippen molar-refractivity contribution in [1.29, 1.82) is 0 Å². The number of ether oxygens (including phenoxy) is 1. The summed E-state index contributed by atoms with van der Waals surface area (Å²) in [6.45, 7) is 3.78. The first-order chi connectivity index (χ1) is 16.5. The van der Waals surface area contributed by atoms with Crippen LogP contribution in [0.25, 0.3) is 11.1 Å². The van der Waals surface area contributed by atoms with Gasteiger partial charge in [0.2, 0.25) is 5.91 Å². The van der Waals surface area contributed by atoms with Crippen molar-refractivity contribution in [3.8, 4) is 22.6 Å². The van der Waals surface area contributed by atoms with Crippen molar-refractivity contribution in [3.63, 3.8) is 0 Å². The number of carbonyl (C=O) groups is 1. The van der Waals surface area contributed by atoms with E-state index in [4.69, 9.17) is 4.74 Å². The Balaban J connectivity index is 1.48. The fourth-order valence-electron chi connectivity index (χ4n) is 4.81. The molecule has 3 aliphatic rings. The zero-order chi connectivity index (χ0) is 23.4. The molecule has 1 N–H and O–H groups in total. The van der Waals surface area contributed by atoms with Gasteiger partial charge in [-0.1, -0.05) is 0 Å². The topological polar surface area (TPSA) is 59.4 Å². The highest BCUT2D eigenvalue weighted by atomic mass is 19.1. The molecule has 1 aromatic heterocycles. The molecule has 0 spiro atoms. The first-order valence-electron chi connectivity index (χ1n) is 11.9. The molecule has 1 saturated heterocycles. The molecule has 34 heavy (non-hydrogen) atoms. The minimum absolute atomic E-state index is 0.0686. The number of nitrogens with zero attached hydrogens (tertiary/aromatic N) is 3. The van der Waals surface area contributed by atoms with Crippen molar-refractivity contribution in [1.82, 2.24) is 15.1 Å². The molecule has 2 fully saturated rings. The smallest absolute Gasteiger partial charge is 0.230 e. The Labute approximate surface area is 196 Å². The van der Waals surface area contributed by atoms with E-state index >= 15 is 0 Å². The molecule has 176 valence electrons. The summed E-state index contributed by atoms with van der Waals surface area (Å²) < 4.78 is 36.6. The van der Waals surface area contributed by atoms with Gasteiger partial charge < -0.3 is 15.0 Å². The molecular formula is C26H26F2N4O2. The van der Waals surface area contributed by atoms with E-state index in [1.54, 1.807) is 6.20 Å². The van der Waals surface area contributed by atoms with Crippen LogP contribution in [-0.4, -0.2) is 34.8 Å². The highest BCUT2D eigenvalue weighted by molar-refractivity contribution is 5.99. The first kappa shape index (κ1) is 21.3. The van der Waals surface area contributed by atoms with Crippen molar-refractivity contribution in [2.75, 3.05) is 18.0 Å². The van der Waals surface area contributed by atoms with Gasteiger partial charge in [0.05, 0.1) is 17.9 Å². The molecule has 6 nitrogen and oxygen atoms in total. The van der Waals surface area contributed by atoms with Crippen LogP contribution in [0, 0.1) is 17.6 Å². The molecule has 0 unspecified atom stereocenters. The molecule has 1 saturated carbocycles. The monoisotopic (exact) mass is 464 g/mol. The third kappa shape index (κ3) is 3.66. The fourth-order valence-corrected chi connectivity index (χ4v) is 4.81. The van der Waals surface area contributed by atoms with Crippen LogP contribution in [0.5, 0.6) is 11.5 Å². The summed E-state index contributed by atoms with van der Waals surface area (Å²) >= 11 is 0. The number of carbonyl (C=O) groups excluding carboxylic acids is 1. The summed E-state index contributed by atoms with van der Waals surface area (Å²) in [5, 5.41) is 7.75. The van der Waals surface area contributed by atoms with E-state index in [0.717, 1.165) is 72.9 Å². The Bertz CT molecular complexity index is 1270. The highest BCUT2D eigenvalue weighted by Gasteiger charge is 2.39. The lowest BCUT2D eigenvalue weighted by molar-refractivity contribution is -0.120. The Hall–Kier alpha value is -3.26. The lowest BCUT2D eigenvalue weighted by Crippen LogP contribution is -2.43. The zero-order valence-electron chi connectivity index (χ0n) is 18.9. The standard InChI is InChI=1S/C26H26F2N4O2/c1-15-2-6-21-23(32(15)26(33)16-3-4-16)9-7-20(17-11-30-31(14-17)19-12-29-13-19)25(21)34-24-10-18(27)5-8-22(24)28/h5,7-11,14-16,19,29H,2-4,6,12-13H2,1H3/t15-/m0/s1. The van der Waals surface area contributed by atoms with Crippen LogP contribution in [-0.2, 0) is 11.2 Å². The van der Waals surface area contributed by atoms with Crippen LogP contribution < -0.4 is 15.0 Å². The Morgan fingerprint density at radius 2 is 1.97 bits per heavy atom. The summed E-state index contributed by atoms with van der Waals surface area (Å²) in [6, 6.07) is 7.41. The van der Waals surface area contributed by atoms with Crippen molar-refractivity contribution < 1.29 is 18.3 Å². The number of halogens is 2. The largest absolute Gasteiger partial charge is 0.453 e. The van der Waals surface area contributed by atoms with Crippen molar-refractivity contribution in [2.24, 2.45) is 5.92 Å². The van der Waals surface area contributed by atoms with Crippen molar-refractivity contribution in [3.05, 3.63) is 59.9 Å². The number of hydrogen-bond donors (Lipinski definition) is 1. The maximum Gasteiger partial charge on any atom is 0.230 e. The Kier molecular flexibility index (Phi) is 5.13. The van der Waals surface area contributed by atoms with Crippen LogP contribution in [0.2, 0.25) is 0 Å². The second kappa shape index (κ2) is 8.20. The summed E-state index contributed by atoms with van der Waals surface area (Å²) in [6.07, 6.45) is 7.01.